The molecule has 0 saturated carbocycles. The molecule has 0 aliphatic carbocycles. The second kappa shape index (κ2) is 3.54. The summed E-state index contributed by atoms with van der Waals surface area (Å²) in [5.74, 6) is 0. The summed E-state index contributed by atoms with van der Waals surface area (Å²) in [6.07, 6.45) is 4.41. The van der Waals surface area contributed by atoms with Crippen LogP contribution in [-0.4, -0.2) is 11.6 Å². The molecule has 1 saturated heterocycles. The highest BCUT2D eigenvalue weighted by Crippen LogP contribution is 2.28. The minimum Gasteiger partial charge on any atom is -0.374 e. The third-order valence-corrected chi connectivity index (χ3v) is 2.49. The summed E-state index contributed by atoms with van der Waals surface area (Å²) in [4.78, 5) is 4.07. The molecule has 0 N–H and O–H groups in total. The largest absolute Gasteiger partial charge is 0.374 e. The van der Waals surface area contributed by atoms with Gasteiger partial charge in [-0.05, 0) is 46.5 Å². The monoisotopic (exact) mass is 227 g/mol. The van der Waals surface area contributed by atoms with Crippen molar-refractivity contribution in [1.29, 1.82) is 0 Å². The molecule has 0 amide bonds. The van der Waals surface area contributed by atoms with Crippen molar-refractivity contribution < 1.29 is 4.74 Å². The van der Waals surface area contributed by atoms with Gasteiger partial charge < -0.3 is 4.74 Å². The molecule has 1 aromatic rings. The van der Waals surface area contributed by atoms with E-state index in [1.54, 1.807) is 6.20 Å². The molecule has 0 aromatic carbocycles. The van der Waals surface area contributed by atoms with Crippen LogP contribution in [0.2, 0.25) is 0 Å². The fourth-order valence-electron chi connectivity index (χ4n) is 1.46. The van der Waals surface area contributed by atoms with Gasteiger partial charge in [0.2, 0.25) is 0 Å². The minimum absolute atomic E-state index is 0.296. The Hall–Kier alpha value is -0.410. The number of halogens is 1. The highest BCUT2D eigenvalue weighted by Gasteiger charge is 2.17. The Morgan fingerprint density at radius 2 is 2.50 bits per heavy atom. The van der Waals surface area contributed by atoms with Crippen molar-refractivity contribution >= 4 is 15.9 Å². The van der Waals surface area contributed by atoms with Gasteiger partial charge in [0.05, 0.1) is 6.10 Å². The number of pyridine rings is 1. The first-order valence-corrected chi connectivity index (χ1v) is 4.88. The SMILES string of the molecule is Brc1cc(C2CCCO2)ccn1. The van der Waals surface area contributed by atoms with Gasteiger partial charge in [-0.3, -0.25) is 0 Å². The van der Waals surface area contributed by atoms with Crippen LogP contribution in [0, 0.1) is 0 Å². The predicted molar refractivity (Wildman–Crippen MR) is 49.9 cm³/mol. The van der Waals surface area contributed by atoms with Crippen LogP contribution in [0.1, 0.15) is 24.5 Å². The molecule has 1 aromatic heterocycles. The lowest BCUT2D eigenvalue weighted by atomic mass is 10.1. The third kappa shape index (κ3) is 1.67. The Balaban J connectivity index is 2.21. The van der Waals surface area contributed by atoms with Crippen molar-refractivity contribution in [2.45, 2.75) is 18.9 Å². The van der Waals surface area contributed by atoms with Crippen molar-refractivity contribution in [1.82, 2.24) is 4.98 Å². The maximum absolute atomic E-state index is 5.55. The van der Waals surface area contributed by atoms with Crippen LogP contribution in [0.3, 0.4) is 0 Å². The lowest BCUT2D eigenvalue weighted by molar-refractivity contribution is 0.112. The first kappa shape index (κ1) is 8.20. The molecule has 2 nitrogen and oxygen atoms in total. The van der Waals surface area contributed by atoms with E-state index in [9.17, 15) is 0 Å². The van der Waals surface area contributed by atoms with E-state index in [-0.39, 0.29) is 0 Å². The highest BCUT2D eigenvalue weighted by molar-refractivity contribution is 9.10. The van der Waals surface area contributed by atoms with E-state index in [1.165, 1.54) is 12.0 Å². The number of aromatic nitrogens is 1. The molecule has 1 atom stereocenters. The summed E-state index contributed by atoms with van der Waals surface area (Å²) in [6.45, 7) is 0.893. The zero-order valence-corrected chi connectivity index (χ0v) is 8.25. The Labute approximate surface area is 80.1 Å². The molecule has 2 heterocycles. The highest BCUT2D eigenvalue weighted by atomic mass is 79.9. The van der Waals surface area contributed by atoms with Gasteiger partial charge in [-0.2, -0.15) is 0 Å². The minimum atomic E-state index is 0.296. The average molecular weight is 228 g/mol. The van der Waals surface area contributed by atoms with Crippen molar-refractivity contribution in [3.8, 4) is 0 Å². The first-order chi connectivity index (χ1) is 5.86. The fourth-order valence-corrected chi connectivity index (χ4v) is 1.84. The summed E-state index contributed by atoms with van der Waals surface area (Å²) in [5, 5.41) is 0. The molecule has 3 heteroatoms. The zero-order chi connectivity index (χ0) is 8.39. The Kier molecular flexibility index (Phi) is 2.42. The second-order valence-electron chi connectivity index (χ2n) is 2.91. The second-order valence-corrected chi connectivity index (χ2v) is 3.73. The van der Waals surface area contributed by atoms with Crippen molar-refractivity contribution in [3.05, 3.63) is 28.5 Å². The van der Waals surface area contributed by atoms with Crippen LogP contribution in [-0.2, 0) is 4.74 Å². The molecule has 1 unspecified atom stereocenters. The van der Waals surface area contributed by atoms with Gasteiger partial charge in [-0.25, -0.2) is 4.98 Å². The van der Waals surface area contributed by atoms with Gasteiger partial charge in [-0.1, -0.05) is 0 Å². The van der Waals surface area contributed by atoms with Gasteiger partial charge >= 0.3 is 0 Å². The molecule has 64 valence electrons. The van der Waals surface area contributed by atoms with Crippen LogP contribution in [0.4, 0.5) is 0 Å². The molecule has 1 fully saturated rings. The lowest BCUT2D eigenvalue weighted by Crippen LogP contribution is -1.95. The van der Waals surface area contributed by atoms with Crippen molar-refractivity contribution in [3.63, 3.8) is 0 Å². The molecular formula is C9H10BrNO. The molecule has 0 bridgehead atoms. The summed E-state index contributed by atoms with van der Waals surface area (Å²) in [5.41, 5.74) is 1.23. The summed E-state index contributed by atoms with van der Waals surface area (Å²) in [6, 6.07) is 4.04. The van der Waals surface area contributed by atoms with Crippen LogP contribution in [0.5, 0.6) is 0 Å². The summed E-state index contributed by atoms with van der Waals surface area (Å²) >= 11 is 3.34. The number of rotatable bonds is 1. The third-order valence-electron chi connectivity index (χ3n) is 2.05. The molecule has 1 aliphatic heterocycles. The maximum Gasteiger partial charge on any atom is 0.106 e. The van der Waals surface area contributed by atoms with Crippen molar-refractivity contribution in [2.75, 3.05) is 6.61 Å². The smallest absolute Gasteiger partial charge is 0.106 e. The van der Waals surface area contributed by atoms with Gasteiger partial charge in [-0.15, -0.1) is 0 Å². The van der Waals surface area contributed by atoms with Crippen LogP contribution in [0.25, 0.3) is 0 Å². The van der Waals surface area contributed by atoms with E-state index in [2.05, 4.69) is 20.9 Å². The Bertz CT molecular complexity index is 271. The molecule has 12 heavy (non-hydrogen) atoms. The Morgan fingerprint density at radius 1 is 1.58 bits per heavy atom. The van der Waals surface area contributed by atoms with E-state index in [0.29, 0.717) is 6.10 Å². The average Bonchev–Trinajstić information content (AvgIpc) is 2.56. The summed E-state index contributed by atoms with van der Waals surface area (Å²) < 4.78 is 6.43. The number of hydrogen-bond acceptors (Lipinski definition) is 2. The standard InChI is InChI=1S/C9H10BrNO/c10-9-6-7(3-4-11-9)8-2-1-5-12-8/h3-4,6,8H,1-2,5H2. The van der Waals surface area contributed by atoms with Gasteiger partial charge in [0.1, 0.15) is 4.60 Å². The van der Waals surface area contributed by atoms with E-state index < -0.39 is 0 Å². The first-order valence-electron chi connectivity index (χ1n) is 4.09. The lowest BCUT2D eigenvalue weighted by Gasteiger charge is -2.08. The van der Waals surface area contributed by atoms with Crippen LogP contribution < -0.4 is 0 Å². The van der Waals surface area contributed by atoms with E-state index >= 15 is 0 Å². The van der Waals surface area contributed by atoms with E-state index in [4.69, 9.17) is 4.74 Å². The molecule has 1 aliphatic rings. The van der Waals surface area contributed by atoms with Gasteiger partial charge in [0.25, 0.3) is 0 Å². The molecule has 2 rings (SSSR count). The maximum atomic E-state index is 5.55. The number of ether oxygens (including phenoxy) is 1. The molecular weight excluding hydrogens is 218 g/mol. The Morgan fingerprint density at radius 3 is 3.17 bits per heavy atom. The quantitative estimate of drug-likeness (QED) is 0.689. The fraction of sp³-hybridized carbons (Fsp3) is 0.444. The van der Waals surface area contributed by atoms with Gasteiger partial charge in [0.15, 0.2) is 0 Å². The molecule has 0 spiro atoms. The normalized spacial score (nSPS) is 22.9. The molecule has 0 radical (unpaired) electrons. The summed E-state index contributed by atoms with van der Waals surface area (Å²) in [7, 11) is 0. The number of hydrogen-bond donors (Lipinski definition) is 0. The topological polar surface area (TPSA) is 22.1 Å². The zero-order valence-electron chi connectivity index (χ0n) is 6.66. The van der Waals surface area contributed by atoms with Crippen LogP contribution >= 0.6 is 15.9 Å². The van der Waals surface area contributed by atoms with E-state index in [1.807, 2.05) is 12.1 Å². The predicted octanol–water partition coefficient (Wildman–Crippen LogP) is 2.70. The van der Waals surface area contributed by atoms with E-state index in [0.717, 1.165) is 17.6 Å². The van der Waals surface area contributed by atoms with Gasteiger partial charge in [0, 0.05) is 12.8 Å². The van der Waals surface area contributed by atoms with Crippen LogP contribution in [0.15, 0.2) is 22.9 Å². The number of nitrogens with zero attached hydrogens (tertiary/aromatic N) is 1. The van der Waals surface area contributed by atoms with Crippen molar-refractivity contribution in [2.24, 2.45) is 0 Å².